The van der Waals surface area contributed by atoms with E-state index in [1.807, 2.05) is 19.0 Å². The number of carbonyl (C=O) groups excluding carboxylic acids is 1. The van der Waals surface area contributed by atoms with Crippen molar-refractivity contribution < 1.29 is 4.79 Å². The Kier molecular flexibility index (Phi) is 3.89. The second-order valence-electron chi connectivity index (χ2n) is 4.36. The van der Waals surface area contributed by atoms with Gasteiger partial charge >= 0.3 is 0 Å². The maximum atomic E-state index is 11.9. The molecule has 1 aliphatic rings. The average Bonchev–Trinajstić information content (AvgIpc) is 2.18. The summed E-state index contributed by atoms with van der Waals surface area (Å²) in [6.07, 6.45) is 0.756. The summed E-state index contributed by atoms with van der Waals surface area (Å²) in [4.78, 5) is 15.9. The number of hydrogen-bond donors (Lipinski definition) is 1. The van der Waals surface area contributed by atoms with Crippen LogP contribution in [-0.2, 0) is 4.79 Å². The highest BCUT2D eigenvalue weighted by Crippen LogP contribution is 2.14. The van der Waals surface area contributed by atoms with Crippen LogP contribution in [0, 0.1) is 5.92 Å². The predicted molar refractivity (Wildman–Crippen MR) is 56.9 cm³/mol. The van der Waals surface area contributed by atoms with E-state index in [4.69, 9.17) is 5.73 Å². The zero-order valence-corrected chi connectivity index (χ0v) is 9.36. The number of hydrogen-bond acceptors (Lipinski definition) is 3. The van der Waals surface area contributed by atoms with Gasteiger partial charge in [-0.05, 0) is 25.9 Å². The molecule has 0 aromatic carbocycles. The molecule has 2 unspecified atom stereocenters. The molecule has 0 saturated carbocycles. The van der Waals surface area contributed by atoms with Crippen molar-refractivity contribution in [2.45, 2.75) is 19.4 Å². The number of carbonyl (C=O) groups is 1. The maximum Gasteiger partial charge on any atom is 0.239 e. The van der Waals surface area contributed by atoms with E-state index in [9.17, 15) is 4.79 Å². The lowest BCUT2D eigenvalue weighted by atomic mass is 10.1. The van der Waals surface area contributed by atoms with Crippen LogP contribution in [0.4, 0.5) is 0 Å². The third-order valence-electron chi connectivity index (χ3n) is 2.82. The number of nitrogens with two attached hydrogens (primary N) is 1. The Hall–Kier alpha value is -0.610. The smallest absolute Gasteiger partial charge is 0.239 e. The summed E-state index contributed by atoms with van der Waals surface area (Å²) in [6.45, 7) is 4.57. The molecular weight excluding hydrogens is 178 g/mol. The summed E-state index contributed by atoms with van der Waals surface area (Å²) in [6, 6.07) is -0.0186. The van der Waals surface area contributed by atoms with Crippen LogP contribution in [0.25, 0.3) is 0 Å². The maximum absolute atomic E-state index is 11.9. The predicted octanol–water partition coefficient (Wildman–Crippen LogP) is -0.256. The second-order valence-corrected chi connectivity index (χ2v) is 4.36. The summed E-state index contributed by atoms with van der Waals surface area (Å²) in [7, 11) is 3.88. The van der Waals surface area contributed by atoms with Gasteiger partial charge in [0.05, 0.1) is 6.04 Å². The molecule has 2 N–H and O–H groups in total. The number of amides is 1. The molecule has 0 bridgehead atoms. The third kappa shape index (κ3) is 2.45. The molecule has 82 valence electrons. The van der Waals surface area contributed by atoms with Crippen LogP contribution in [0.5, 0.6) is 0 Å². The van der Waals surface area contributed by atoms with E-state index in [2.05, 4.69) is 11.8 Å². The van der Waals surface area contributed by atoms with Gasteiger partial charge in [-0.2, -0.15) is 0 Å². The van der Waals surface area contributed by atoms with Crippen LogP contribution >= 0.6 is 0 Å². The second kappa shape index (κ2) is 4.75. The lowest BCUT2D eigenvalue weighted by molar-refractivity contribution is -0.133. The van der Waals surface area contributed by atoms with Crippen molar-refractivity contribution in [2.75, 3.05) is 33.7 Å². The van der Waals surface area contributed by atoms with Crippen molar-refractivity contribution in [1.82, 2.24) is 9.80 Å². The van der Waals surface area contributed by atoms with Gasteiger partial charge in [0.25, 0.3) is 0 Å². The highest BCUT2D eigenvalue weighted by molar-refractivity contribution is 5.81. The van der Waals surface area contributed by atoms with Crippen LogP contribution in [0.2, 0.25) is 0 Å². The number of rotatable bonds is 2. The minimum absolute atomic E-state index is 0.0186. The zero-order valence-electron chi connectivity index (χ0n) is 9.36. The van der Waals surface area contributed by atoms with Crippen molar-refractivity contribution in [2.24, 2.45) is 11.7 Å². The van der Waals surface area contributed by atoms with Crippen LogP contribution in [0.1, 0.15) is 13.3 Å². The van der Waals surface area contributed by atoms with E-state index in [1.54, 1.807) is 0 Å². The first-order valence-electron chi connectivity index (χ1n) is 5.21. The van der Waals surface area contributed by atoms with Gasteiger partial charge in [-0.1, -0.05) is 6.92 Å². The molecule has 0 aromatic rings. The highest BCUT2D eigenvalue weighted by atomic mass is 16.2. The third-order valence-corrected chi connectivity index (χ3v) is 2.82. The molecule has 14 heavy (non-hydrogen) atoms. The molecule has 1 fully saturated rings. The molecule has 1 heterocycles. The van der Waals surface area contributed by atoms with Crippen LogP contribution in [-0.4, -0.2) is 55.5 Å². The molecule has 1 aliphatic heterocycles. The fourth-order valence-electron chi connectivity index (χ4n) is 2.18. The fraction of sp³-hybridized carbons (Fsp3) is 0.900. The van der Waals surface area contributed by atoms with Gasteiger partial charge in [0.1, 0.15) is 0 Å². The number of likely N-dealkylation sites (N-methyl/N-ethyl adjacent to an activating group) is 2. The Labute approximate surface area is 86.0 Å². The Bertz CT molecular complexity index is 208. The van der Waals surface area contributed by atoms with Gasteiger partial charge in [0.2, 0.25) is 5.91 Å². The molecule has 1 rings (SSSR count). The Balaban J connectivity index is 2.74. The van der Waals surface area contributed by atoms with Crippen molar-refractivity contribution in [1.29, 1.82) is 0 Å². The summed E-state index contributed by atoms with van der Waals surface area (Å²) < 4.78 is 0. The van der Waals surface area contributed by atoms with Crippen LogP contribution in [0.15, 0.2) is 0 Å². The normalized spacial score (nSPS) is 30.6. The molecule has 2 atom stereocenters. The lowest BCUT2D eigenvalue weighted by Gasteiger charge is -2.25. The summed E-state index contributed by atoms with van der Waals surface area (Å²) >= 11 is 0. The van der Waals surface area contributed by atoms with Crippen LogP contribution in [0.3, 0.4) is 0 Å². The van der Waals surface area contributed by atoms with Gasteiger partial charge in [-0.25, -0.2) is 0 Å². The van der Waals surface area contributed by atoms with E-state index >= 15 is 0 Å². The molecule has 0 aliphatic carbocycles. The van der Waals surface area contributed by atoms with Crippen molar-refractivity contribution in [3.8, 4) is 0 Å². The topological polar surface area (TPSA) is 49.6 Å². The van der Waals surface area contributed by atoms with Gasteiger partial charge in [0.15, 0.2) is 0 Å². The number of nitrogens with zero attached hydrogens (tertiary/aromatic N) is 2. The Morgan fingerprint density at radius 3 is 2.64 bits per heavy atom. The lowest BCUT2D eigenvalue weighted by Crippen LogP contribution is -2.44. The van der Waals surface area contributed by atoms with Crippen molar-refractivity contribution in [3.05, 3.63) is 0 Å². The highest BCUT2D eigenvalue weighted by Gasteiger charge is 2.30. The first-order chi connectivity index (χ1) is 6.56. The largest absolute Gasteiger partial charge is 0.344 e. The average molecular weight is 199 g/mol. The molecule has 1 saturated heterocycles. The van der Waals surface area contributed by atoms with Crippen LogP contribution < -0.4 is 5.73 Å². The monoisotopic (exact) mass is 199 g/mol. The summed E-state index contributed by atoms with van der Waals surface area (Å²) in [5.74, 6) is 0.749. The molecule has 0 spiro atoms. The molecule has 0 aromatic heterocycles. The van der Waals surface area contributed by atoms with E-state index in [-0.39, 0.29) is 11.9 Å². The Morgan fingerprint density at radius 2 is 2.07 bits per heavy atom. The molecule has 4 heteroatoms. The zero-order chi connectivity index (χ0) is 10.7. The van der Waals surface area contributed by atoms with E-state index in [0.29, 0.717) is 12.5 Å². The molecule has 1 amide bonds. The minimum atomic E-state index is -0.0186. The van der Waals surface area contributed by atoms with E-state index < -0.39 is 0 Å². The molecule has 4 nitrogen and oxygen atoms in total. The minimum Gasteiger partial charge on any atom is -0.344 e. The van der Waals surface area contributed by atoms with Gasteiger partial charge in [0, 0.05) is 20.1 Å². The van der Waals surface area contributed by atoms with Gasteiger partial charge < -0.3 is 10.6 Å². The van der Waals surface area contributed by atoms with E-state index in [0.717, 1.165) is 19.5 Å². The van der Waals surface area contributed by atoms with Crippen molar-refractivity contribution in [3.63, 3.8) is 0 Å². The quantitative estimate of drug-likeness (QED) is 0.667. The molecule has 0 radical (unpaired) electrons. The summed E-state index contributed by atoms with van der Waals surface area (Å²) in [5, 5.41) is 0. The van der Waals surface area contributed by atoms with Crippen molar-refractivity contribution >= 4 is 5.91 Å². The first kappa shape index (κ1) is 11.5. The van der Waals surface area contributed by atoms with E-state index in [1.165, 1.54) is 0 Å². The Morgan fingerprint density at radius 1 is 1.43 bits per heavy atom. The van der Waals surface area contributed by atoms with Gasteiger partial charge in [-0.15, -0.1) is 0 Å². The first-order valence-corrected chi connectivity index (χ1v) is 5.21. The molecular formula is C10H21N3O. The van der Waals surface area contributed by atoms with Gasteiger partial charge in [-0.3, -0.25) is 9.69 Å². The SMILES string of the molecule is CC1CN(C)C(=O)C(CCN)N(C)C1. The summed E-state index contributed by atoms with van der Waals surface area (Å²) in [5.41, 5.74) is 5.52. The fourth-order valence-corrected chi connectivity index (χ4v) is 2.18. The standard InChI is InChI=1S/C10H21N3O/c1-8-6-12(2)9(4-5-11)10(14)13(3)7-8/h8-9H,4-7,11H2,1-3H3.